The summed E-state index contributed by atoms with van der Waals surface area (Å²) >= 11 is 0. The van der Waals surface area contributed by atoms with Crippen LogP contribution in [0.3, 0.4) is 0 Å². The van der Waals surface area contributed by atoms with Gasteiger partial charge in [-0.15, -0.1) is 13.2 Å². The Morgan fingerprint density at radius 1 is 1.38 bits per heavy atom. The molecule has 0 aliphatic carbocycles. The average molecular weight is 326 g/mol. The van der Waals surface area contributed by atoms with E-state index in [0.717, 1.165) is 25.0 Å². The highest BCUT2D eigenvalue weighted by Gasteiger charge is 2.28. The zero-order valence-corrected chi connectivity index (χ0v) is 14.6. The maximum Gasteiger partial charge on any atom is 0.356 e. The normalized spacial score (nSPS) is 21.0. The number of carbonyl (C=O) groups is 1. The highest BCUT2D eigenvalue weighted by Crippen LogP contribution is 2.28. The molecule has 2 rings (SSSR count). The fraction of sp³-hybridized carbons (Fsp3) is 0.400. The zero-order chi connectivity index (χ0) is 17.5. The van der Waals surface area contributed by atoms with Crippen LogP contribution in [0.2, 0.25) is 0 Å². The molecule has 0 amide bonds. The zero-order valence-electron chi connectivity index (χ0n) is 14.6. The van der Waals surface area contributed by atoms with E-state index in [4.69, 9.17) is 4.74 Å². The lowest BCUT2D eigenvalue weighted by Crippen LogP contribution is -2.44. The second-order valence-electron chi connectivity index (χ2n) is 6.17. The fourth-order valence-electron chi connectivity index (χ4n) is 3.26. The number of esters is 1. The van der Waals surface area contributed by atoms with E-state index < -0.39 is 5.97 Å². The molecule has 2 heterocycles. The van der Waals surface area contributed by atoms with Crippen LogP contribution in [0, 0.1) is 0 Å². The van der Waals surface area contributed by atoms with E-state index in [-0.39, 0.29) is 0 Å². The quantitative estimate of drug-likeness (QED) is 0.563. The molecule has 2 atom stereocenters. The SMILES string of the molecule is C=CC[C@@H]1CC(C)=C[C@@H](CC=C)N1Cc1cccc(C(=O)OC)n1. The van der Waals surface area contributed by atoms with Crippen molar-refractivity contribution in [3.8, 4) is 0 Å². The van der Waals surface area contributed by atoms with Gasteiger partial charge in [0.05, 0.1) is 12.8 Å². The minimum atomic E-state index is -0.406. The van der Waals surface area contributed by atoms with Gasteiger partial charge >= 0.3 is 5.97 Å². The third-order valence-electron chi connectivity index (χ3n) is 4.32. The number of methoxy groups -OCH3 is 1. The van der Waals surface area contributed by atoms with E-state index in [1.807, 2.05) is 24.3 Å². The predicted molar refractivity (Wildman–Crippen MR) is 96.7 cm³/mol. The van der Waals surface area contributed by atoms with Crippen molar-refractivity contribution >= 4 is 5.97 Å². The van der Waals surface area contributed by atoms with Crippen molar-refractivity contribution in [3.05, 3.63) is 66.5 Å². The molecule has 24 heavy (non-hydrogen) atoms. The molecule has 0 aromatic carbocycles. The number of aromatic nitrogens is 1. The molecule has 1 aromatic heterocycles. The summed E-state index contributed by atoms with van der Waals surface area (Å²) in [5, 5.41) is 0. The van der Waals surface area contributed by atoms with Gasteiger partial charge in [-0.05, 0) is 38.3 Å². The first-order valence-corrected chi connectivity index (χ1v) is 8.28. The molecule has 0 radical (unpaired) electrons. The highest BCUT2D eigenvalue weighted by molar-refractivity contribution is 5.87. The summed E-state index contributed by atoms with van der Waals surface area (Å²) in [6.45, 7) is 10.7. The lowest BCUT2D eigenvalue weighted by Gasteiger charge is -2.40. The summed E-state index contributed by atoms with van der Waals surface area (Å²) in [5.74, 6) is -0.406. The molecule has 1 aliphatic rings. The van der Waals surface area contributed by atoms with Gasteiger partial charge in [0, 0.05) is 18.6 Å². The van der Waals surface area contributed by atoms with Crippen molar-refractivity contribution in [3.63, 3.8) is 0 Å². The summed E-state index contributed by atoms with van der Waals surface area (Å²) < 4.78 is 4.76. The summed E-state index contributed by atoms with van der Waals surface area (Å²) in [7, 11) is 1.37. The van der Waals surface area contributed by atoms with Crippen LogP contribution in [0.4, 0.5) is 0 Å². The summed E-state index contributed by atoms with van der Waals surface area (Å²) in [6, 6.07) is 6.17. The Morgan fingerprint density at radius 3 is 2.79 bits per heavy atom. The van der Waals surface area contributed by atoms with Crippen LogP contribution in [-0.4, -0.2) is 35.0 Å². The molecular weight excluding hydrogens is 300 g/mol. The van der Waals surface area contributed by atoms with Crippen LogP contribution < -0.4 is 0 Å². The number of hydrogen-bond donors (Lipinski definition) is 0. The Balaban J connectivity index is 2.27. The minimum absolute atomic E-state index is 0.296. The average Bonchev–Trinajstić information content (AvgIpc) is 2.58. The Labute approximate surface area is 144 Å². The lowest BCUT2D eigenvalue weighted by atomic mass is 9.92. The molecule has 0 N–H and O–H groups in total. The van der Waals surface area contributed by atoms with Crippen molar-refractivity contribution in [2.75, 3.05) is 7.11 Å². The number of hydrogen-bond acceptors (Lipinski definition) is 4. The van der Waals surface area contributed by atoms with Gasteiger partial charge in [-0.2, -0.15) is 0 Å². The molecule has 0 saturated heterocycles. The molecule has 0 bridgehead atoms. The second-order valence-corrected chi connectivity index (χ2v) is 6.17. The number of rotatable bonds is 7. The summed E-state index contributed by atoms with van der Waals surface area (Å²) in [6.07, 6.45) is 9.08. The van der Waals surface area contributed by atoms with E-state index in [1.165, 1.54) is 12.7 Å². The molecule has 0 fully saturated rings. The van der Waals surface area contributed by atoms with Gasteiger partial charge in [-0.25, -0.2) is 9.78 Å². The first-order chi connectivity index (χ1) is 11.6. The van der Waals surface area contributed by atoms with Gasteiger partial charge in [-0.1, -0.05) is 29.9 Å². The van der Waals surface area contributed by atoms with Gasteiger partial charge in [0.2, 0.25) is 0 Å². The van der Waals surface area contributed by atoms with Crippen molar-refractivity contribution in [1.29, 1.82) is 0 Å². The number of nitrogens with zero attached hydrogens (tertiary/aromatic N) is 2. The highest BCUT2D eigenvalue weighted by atomic mass is 16.5. The first kappa shape index (κ1) is 18.1. The molecule has 0 saturated carbocycles. The van der Waals surface area contributed by atoms with Gasteiger partial charge in [-0.3, -0.25) is 4.90 Å². The molecular formula is C20H26N2O2. The van der Waals surface area contributed by atoms with Crippen molar-refractivity contribution in [2.45, 2.75) is 44.8 Å². The van der Waals surface area contributed by atoms with Crippen LogP contribution in [0.15, 0.2) is 55.2 Å². The van der Waals surface area contributed by atoms with Gasteiger partial charge in [0.15, 0.2) is 0 Å². The number of ether oxygens (including phenoxy) is 1. The molecule has 4 nitrogen and oxygen atoms in total. The molecule has 128 valence electrons. The van der Waals surface area contributed by atoms with E-state index in [2.05, 4.69) is 36.0 Å². The predicted octanol–water partition coefficient (Wildman–Crippen LogP) is 3.91. The van der Waals surface area contributed by atoms with Gasteiger partial charge in [0.1, 0.15) is 5.69 Å². The third kappa shape index (κ3) is 4.42. The van der Waals surface area contributed by atoms with E-state index in [1.54, 1.807) is 6.07 Å². The summed E-state index contributed by atoms with van der Waals surface area (Å²) in [4.78, 5) is 18.6. The van der Waals surface area contributed by atoms with Crippen molar-refractivity contribution in [1.82, 2.24) is 9.88 Å². The molecule has 0 spiro atoms. The topological polar surface area (TPSA) is 42.4 Å². The monoisotopic (exact) mass is 326 g/mol. The van der Waals surface area contributed by atoms with Gasteiger partial charge < -0.3 is 4.74 Å². The van der Waals surface area contributed by atoms with Crippen LogP contribution in [0.25, 0.3) is 0 Å². The molecule has 0 unspecified atom stereocenters. The van der Waals surface area contributed by atoms with Crippen LogP contribution in [0.5, 0.6) is 0 Å². The smallest absolute Gasteiger partial charge is 0.356 e. The fourth-order valence-corrected chi connectivity index (χ4v) is 3.26. The largest absolute Gasteiger partial charge is 0.464 e. The lowest BCUT2D eigenvalue weighted by molar-refractivity contribution is 0.0593. The van der Waals surface area contributed by atoms with E-state index in [9.17, 15) is 4.79 Å². The van der Waals surface area contributed by atoms with E-state index in [0.29, 0.717) is 24.3 Å². The Morgan fingerprint density at radius 2 is 2.12 bits per heavy atom. The third-order valence-corrected chi connectivity index (χ3v) is 4.32. The number of carbonyl (C=O) groups excluding carboxylic acids is 1. The van der Waals surface area contributed by atoms with Crippen LogP contribution in [0.1, 0.15) is 42.4 Å². The first-order valence-electron chi connectivity index (χ1n) is 8.28. The maximum atomic E-state index is 11.7. The standard InChI is InChI=1S/C20H26N2O2/c1-5-8-17-12-15(3)13-18(9-6-2)22(17)14-16-10-7-11-19(21-16)20(23)24-4/h5-7,10-12,17-18H,1-2,8-9,13-14H2,3-4H3/t17-,18-/m1/s1. The molecule has 1 aliphatic heterocycles. The minimum Gasteiger partial charge on any atom is -0.464 e. The molecule has 1 aromatic rings. The second kappa shape index (κ2) is 8.60. The van der Waals surface area contributed by atoms with E-state index >= 15 is 0 Å². The maximum absolute atomic E-state index is 11.7. The number of pyridine rings is 1. The van der Waals surface area contributed by atoms with Gasteiger partial charge in [0.25, 0.3) is 0 Å². The Hall–Kier alpha value is -2.20. The molecule has 4 heteroatoms. The van der Waals surface area contributed by atoms with Crippen molar-refractivity contribution < 1.29 is 9.53 Å². The van der Waals surface area contributed by atoms with Crippen LogP contribution in [-0.2, 0) is 11.3 Å². The summed E-state index contributed by atoms with van der Waals surface area (Å²) in [5.41, 5.74) is 2.62. The Bertz CT molecular complexity index is 636. The Kier molecular flexibility index (Phi) is 6.50. The van der Waals surface area contributed by atoms with Crippen molar-refractivity contribution in [2.24, 2.45) is 0 Å². The van der Waals surface area contributed by atoms with Crippen LogP contribution >= 0.6 is 0 Å².